The number of nitrogens with one attached hydrogen (secondary N) is 1. The zero-order chi connectivity index (χ0) is 22.5. The summed E-state index contributed by atoms with van der Waals surface area (Å²) in [6.07, 6.45) is -0.578. The van der Waals surface area contributed by atoms with Crippen LogP contribution in [0.5, 0.6) is 5.75 Å². The smallest absolute Gasteiger partial charge is 0.407 e. The topological polar surface area (TPSA) is 84.9 Å². The van der Waals surface area contributed by atoms with Crippen LogP contribution in [0.3, 0.4) is 0 Å². The molecule has 1 aliphatic carbocycles. The Hall–Kier alpha value is -4.24. The molecule has 0 atom stereocenters. The molecule has 1 amide bonds. The SMILES string of the molecule is COc1cccc(C#CCNC(=O)OCC2c3ccccc3-c3ccccc32)c1C(=O)O. The van der Waals surface area contributed by atoms with Gasteiger partial charge in [0.1, 0.15) is 17.9 Å². The summed E-state index contributed by atoms with van der Waals surface area (Å²) in [4.78, 5) is 23.7. The van der Waals surface area contributed by atoms with Crippen LogP contribution in [0.2, 0.25) is 0 Å². The fraction of sp³-hybridized carbons (Fsp3) is 0.154. The summed E-state index contributed by atoms with van der Waals surface area (Å²) in [7, 11) is 1.40. The average Bonchev–Trinajstić information content (AvgIpc) is 3.14. The van der Waals surface area contributed by atoms with Crippen LogP contribution in [0.4, 0.5) is 4.79 Å². The predicted octanol–water partition coefficient (Wildman–Crippen LogP) is 4.28. The molecule has 0 saturated carbocycles. The lowest BCUT2D eigenvalue weighted by atomic mass is 9.98. The van der Waals surface area contributed by atoms with Crippen LogP contribution < -0.4 is 10.1 Å². The number of alkyl carbamates (subject to hydrolysis) is 1. The summed E-state index contributed by atoms with van der Waals surface area (Å²) < 4.78 is 10.5. The second kappa shape index (κ2) is 9.27. The Morgan fingerprint density at radius 2 is 1.62 bits per heavy atom. The van der Waals surface area contributed by atoms with Crippen LogP contribution in [-0.4, -0.2) is 37.4 Å². The number of ether oxygens (including phenoxy) is 2. The molecule has 0 heterocycles. The molecule has 0 aliphatic heterocycles. The Kier molecular flexibility index (Phi) is 6.09. The Balaban J connectivity index is 1.38. The van der Waals surface area contributed by atoms with Gasteiger partial charge in [-0.15, -0.1) is 0 Å². The number of carboxylic acid groups (broad SMARTS) is 1. The first-order chi connectivity index (χ1) is 15.6. The number of benzene rings is 3. The van der Waals surface area contributed by atoms with E-state index in [1.165, 1.54) is 7.11 Å². The lowest BCUT2D eigenvalue weighted by Crippen LogP contribution is -2.26. The summed E-state index contributed by atoms with van der Waals surface area (Å²) in [6.45, 7) is 0.235. The second-order valence-electron chi connectivity index (χ2n) is 7.17. The maximum Gasteiger partial charge on any atom is 0.407 e. The number of fused-ring (bicyclic) bond motifs is 3. The third kappa shape index (κ3) is 4.14. The van der Waals surface area contributed by atoms with Gasteiger partial charge in [-0.1, -0.05) is 66.4 Å². The number of amides is 1. The molecular weight excluding hydrogens is 406 g/mol. The molecule has 0 spiro atoms. The van der Waals surface area contributed by atoms with E-state index in [0.717, 1.165) is 22.3 Å². The molecular formula is C26H21NO5. The highest BCUT2D eigenvalue weighted by Gasteiger charge is 2.28. The predicted molar refractivity (Wildman–Crippen MR) is 120 cm³/mol. The number of methoxy groups -OCH3 is 1. The standard InChI is InChI=1S/C26H21NO5/c1-31-23-14-6-8-17(24(23)25(28)29)9-7-15-27-26(30)32-16-22-20-12-4-2-10-18(20)19-11-3-5-13-21(19)22/h2-6,8,10-14,22H,15-16H2,1H3,(H,27,30)(H,28,29). The second-order valence-corrected chi connectivity index (χ2v) is 7.17. The Morgan fingerprint density at radius 3 is 2.25 bits per heavy atom. The highest BCUT2D eigenvalue weighted by Crippen LogP contribution is 2.44. The molecule has 6 nitrogen and oxygen atoms in total. The lowest BCUT2D eigenvalue weighted by molar-refractivity contribution is 0.0693. The van der Waals surface area contributed by atoms with Gasteiger partial charge in [-0.25, -0.2) is 9.59 Å². The Morgan fingerprint density at radius 1 is 0.969 bits per heavy atom. The fourth-order valence-corrected chi connectivity index (χ4v) is 3.93. The van der Waals surface area contributed by atoms with Gasteiger partial charge in [-0.05, 0) is 34.4 Å². The minimum Gasteiger partial charge on any atom is -0.496 e. The van der Waals surface area contributed by atoms with Crippen molar-refractivity contribution < 1.29 is 24.2 Å². The van der Waals surface area contributed by atoms with E-state index in [-0.39, 0.29) is 30.4 Å². The van der Waals surface area contributed by atoms with Crippen molar-refractivity contribution in [1.29, 1.82) is 0 Å². The number of carbonyl (C=O) groups is 2. The molecule has 2 N–H and O–H groups in total. The van der Waals surface area contributed by atoms with E-state index < -0.39 is 12.1 Å². The van der Waals surface area contributed by atoms with Crippen LogP contribution in [-0.2, 0) is 4.74 Å². The van der Waals surface area contributed by atoms with Gasteiger partial charge >= 0.3 is 12.1 Å². The monoisotopic (exact) mass is 427 g/mol. The maximum atomic E-state index is 12.2. The first-order valence-corrected chi connectivity index (χ1v) is 10.1. The summed E-state index contributed by atoms with van der Waals surface area (Å²) in [6, 6.07) is 21.0. The fourth-order valence-electron chi connectivity index (χ4n) is 3.93. The molecule has 0 bridgehead atoms. The van der Waals surface area contributed by atoms with E-state index in [9.17, 15) is 14.7 Å². The van der Waals surface area contributed by atoms with Crippen LogP contribution in [0.25, 0.3) is 11.1 Å². The van der Waals surface area contributed by atoms with Crippen LogP contribution in [0.15, 0.2) is 66.7 Å². The van der Waals surface area contributed by atoms with Crippen molar-refractivity contribution in [2.24, 2.45) is 0 Å². The lowest BCUT2D eigenvalue weighted by Gasteiger charge is -2.14. The summed E-state index contributed by atoms with van der Waals surface area (Å²) >= 11 is 0. The first kappa shape index (κ1) is 21.0. The van der Waals surface area contributed by atoms with Crippen molar-refractivity contribution in [3.8, 4) is 28.7 Å². The highest BCUT2D eigenvalue weighted by atomic mass is 16.5. The third-order valence-electron chi connectivity index (χ3n) is 5.35. The molecule has 4 rings (SSSR count). The zero-order valence-corrected chi connectivity index (χ0v) is 17.4. The first-order valence-electron chi connectivity index (χ1n) is 10.1. The molecule has 3 aromatic carbocycles. The van der Waals surface area contributed by atoms with E-state index in [1.807, 2.05) is 24.3 Å². The van der Waals surface area contributed by atoms with Gasteiger partial charge in [0, 0.05) is 11.5 Å². The quantitative estimate of drug-likeness (QED) is 0.594. The zero-order valence-electron chi connectivity index (χ0n) is 17.4. The number of carboxylic acids is 1. The van der Waals surface area contributed by atoms with Gasteiger partial charge in [-0.2, -0.15) is 0 Å². The van der Waals surface area contributed by atoms with E-state index in [2.05, 4.69) is 41.4 Å². The minimum atomic E-state index is -1.13. The van der Waals surface area contributed by atoms with Crippen LogP contribution in [0.1, 0.15) is 33.0 Å². The molecule has 0 radical (unpaired) electrons. The van der Waals surface area contributed by atoms with Gasteiger partial charge in [-0.3, -0.25) is 0 Å². The van der Waals surface area contributed by atoms with E-state index in [1.54, 1.807) is 18.2 Å². The number of carbonyl (C=O) groups excluding carboxylic acids is 1. The van der Waals surface area contributed by atoms with Crippen molar-refractivity contribution in [2.45, 2.75) is 5.92 Å². The Bertz CT molecular complexity index is 1190. The summed E-state index contributed by atoms with van der Waals surface area (Å²) in [5, 5.41) is 12.0. The number of hydrogen-bond acceptors (Lipinski definition) is 4. The molecule has 6 heteroatoms. The molecule has 160 valence electrons. The molecule has 0 unspecified atom stereocenters. The maximum absolute atomic E-state index is 12.2. The number of hydrogen-bond donors (Lipinski definition) is 2. The van der Waals surface area contributed by atoms with Crippen molar-refractivity contribution in [3.05, 3.63) is 89.0 Å². The van der Waals surface area contributed by atoms with Crippen LogP contribution in [0, 0.1) is 11.8 Å². The number of aromatic carboxylic acids is 1. The highest BCUT2D eigenvalue weighted by molar-refractivity contribution is 5.94. The van der Waals surface area contributed by atoms with Gasteiger partial charge in [0.15, 0.2) is 0 Å². The van der Waals surface area contributed by atoms with Gasteiger partial charge in [0.2, 0.25) is 0 Å². The Labute approximate surface area is 185 Å². The van der Waals surface area contributed by atoms with Crippen molar-refractivity contribution in [2.75, 3.05) is 20.3 Å². The normalized spacial score (nSPS) is 11.5. The average molecular weight is 427 g/mol. The molecule has 0 fully saturated rings. The van der Waals surface area contributed by atoms with Crippen molar-refractivity contribution in [1.82, 2.24) is 5.32 Å². The molecule has 32 heavy (non-hydrogen) atoms. The largest absolute Gasteiger partial charge is 0.496 e. The minimum absolute atomic E-state index is 0.0105. The summed E-state index contributed by atoms with van der Waals surface area (Å²) in [5.74, 6) is 4.61. The molecule has 0 aromatic heterocycles. The van der Waals surface area contributed by atoms with Gasteiger partial charge < -0.3 is 19.9 Å². The summed E-state index contributed by atoms with van der Waals surface area (Å²) in [5.41, 5.74) is 4.90. The third-order valence-corrected chi connectivity index (χ3v) is 5.35. The van der Waals surface area contributed by atoms with E-state index in [4.69, 9.17) is 9.47 Å². The van der Waals surface area contributed by atoms with Crippen LogP contribution >= 0.6 is 0 Å². The van der Waals surface area contributed by atoms with Gasteiger partial charge in [0.05, 0.1) is 13.7 Å². The molecule has 1 aliphatic rings. The number of rotatable bonds is 5. The van der Waals surface area contributed by atoms with Crippen molar-refractivity contribution in [3.63, 3.8) is 0 Å². The molecule has 0 saturated heterocycles. The molecule has 3 aromatic rings. The van der Waals surface area contributed by atoms with Crippen molar-refractivity contribution >= 4 is 12.1 Å². The van der Waals surface area contributed by atoms with E-state index >= 15 is 0 Å². The van der Waals surface area contributed by atoms with Gasteiger partial charge in [0.25, 0.3) is 0 Å². The van der Waals surface area contributed by atoms with E-state index in [0.29, 0.717) is 5.56 Å².